The first-order chi connectivity index (χ1) is 9.69. The van der Waals surface area contributed by atoms with E-state index in [-0.39, 0.29) is 12.5 Å². The molecule has 1 heterocycles. The maximum atomic E-state index is 11.7. The molecule has 0 unspecified atom stereocenters. The largest absolute Gasteiger partial charge is 0.490 e. The van der Waals surface area contributed by atoms with Gasteiger partial charge in [0.1, 0.15) is 0 Å². The van der Waals surface area contributed by atoms with Crippen molar-refractivity contribution in [3.63, 3.8) is 0 Å². The third-order valence-corrected chi connectivity index (χ3v) is 2.49. The van der Waals surface area contributed by atoms with Crippen molar-refractivity contribution < 1.29 is 14.3 Å². The van der Waals surface area contributed by atoms with Crippen LogP contribution in [0.3, 0.4) is 0 Å². The molecule has 2 rings (SSSR count). The Kier molecular flexibility index (Phi) is 4.60. The third kappa shape index (κ3) is 3.74. The summed E-state index contributed by atoms with van der Waals surface area (Å²) in [7, 11) is 1.78. The molecule has 2 aromatic rings. The van der Waals surface area contributed by atoms with Crippen molar-refractivity contribution in [2.45, 2.75) is 6.92 Å². The molecule has 0 saturated carbocycles. The number of amides is 1. The molecule has 1 N–H and O–H groups in total. The van der Waals surface area contributed by atoms with Crippen LogP contribution in [0.15, 0.2) is 36.5 Å². The SMILES string of the molecule is CCOc1ccccc1OCC(=O)Nc1ccn(C)n1. The Balaban J connectivity index is 1.90. The van der Waals surface area contributed by atoms with Crippen LogP contribution in [-0.2, 0) is 11.8 Å². The van der Waals surface area contributed by atoms with Crippen LogP contribution >= 0.6 is 0 Å². The third-order valence-electron chi connectivity index (χ3n) is 2.49. The van der Waals surface area contributed by atoms with Gasteiger partial charge in [-0.1, -0.05) is 12.1 Å². The molecule has 0 bridgehead atoms. The number of carbonyl (C=O) groups is 1. The monoisotopic (exact) mass is 275 g/mol. The van der Waals surface area contributed by atoms with Gasteiger partial charge in [0, 0.05) is 19.3 Å². The molecule has 0 saturated heterocycles. The first-order valence-corrected chi connectivity index (χ1v) is 6.33. The van der Waals surface area contributed by atoms with Gasteiger partial charge in [0.2, 0.25) is 0 Å². The average Bonchev–Trinajstić information content (AvgIpc) is 2.83. The molecular formula is C14H17N3O3. The van der Waals surface area contributed by atoms with Gasteiger partial charge in [-0.25, -0.2) is 0 Å². The van der Waals surface area contributed by atoms with E-state index in [0.29, 0.717) is 23.9 Å². The molecule has 1 aromatic heterocycles. The normalized spacial score (nSPS) is 10.1. The second kappa shape index (κ2) is 6.60. The number of nitrogens with zero attached hydrogens (tertiary/aromatic N) is 2. The highest BCUT2D eigenvalue weighted by atomic mass is 16.5. The van der Waals surface area contributed by atoms with Gasteiger partial charge in [-0.2, -0.15) is 5.10 Å². The van der Waals surface area contributed by atoms with Gasteiger partial charge < -0.3 is 14.8 Å². The Bertz CT molecular complexity index is 581. The van der Waals surface area contributed by atoms with Gasteiger partial charge >= 0.3 is 0 Å². The van der Waals surface area contributed by atoms with Gasteiger partial charge in [-0.15, -0.1) is 0 Å². The topological polar surface area (TPSA) is 65.4 Å². The van der Waals surface area contributed by atoms with E-state index in [9.17, 15) is 4.79 Å². The Morgan fingerprint density at radius 1 is 1.25 bits per heavy atom. The Morgan fingerprint density at radius 2 is 1.95 bits per heavy atom. The predicted octanol–water partition coefficient (Wildman–Crippen LogP) is 1.84. The van der Waals surface area contributed by atoms with Gasteiger partial charge in [0.05, 0.1) is 6.61 Å². The van der Waals surface area contributed by atoms with E-state index in [1.165, 1.54) is 0 Å². The van der Waals surface area contributed by atoms with E-state index < -0.39 is 0 Å². The van der Waals surface area contributed by atoms with Crippen molar-refractivity contribution in [3.05, 3.63) is 36.5 Å². The molecule has 0 spiro atoms. The minimum atomic E-state index is -0.269. The quantitative estimate of drug-likeness (QED) is 0.873. The summed E-state index contributed by atoms with van der Waals surface area (Å²) in [6.07, 6.45) is 1.75. The predicted molar refractivity (Wildman–Crippen MR) is 74.9 cm³/mol. The number of rotatable bonds is 6. The number of anilines is 1. The Morgan fingerprint density at radius 3 is 2.55 bits per heavy atom. The molecular weight excluding hydrogens is 258 g/mol. The molecule has 0 fully saturated rings. The van der Waals surface area contributed by atoms with Crippen LogP contribution in [-0.4, -0.2) is 28.9 Å². The molecule has 6 heteroatoms. The van der Waals surface area contributed by atoms with Gasteiger partial charge in [0.25, 0.3) is 5.91 Å². The molecule has 0 aliphatic carbocycles. The van der Waals surface area contributed by atoms with Gasteiger partial charge in [0.15, 0.2) is 23.9 Å². The maximum Gasteiger partial charge on any atom is 0.263 e. The summed E-state index contributed by atoms with van der Waals surface area (Å²) >= 11 is 0. The fourth-order valence-electron chi connectivity index (χ4n) is 1.65. The van der Waals surface area contributed by atoms with Gasteiger partial charge in [-0.3, -0.25) is 9.48 Å². The second-order valence-corrected chi connectivity index (χ2v) is 4.09. The molecule has 6 nitrogen and oxygen atoms in total. The zero-order chi connectivity index (χ0) is 14.4. The number of aryl methyl sites for hydroxylation is 1. The van der Waals surface area contributed by atoms with Crippen LogP contribution in [0.4, 0.5) is 5.82 Å². The smallest absolute Gasteiger partial charge is 0.263 e. The molecule has 1 aromatic carbocycles. The van der Waals surface area contributed by atoms with E-state index in [4.69, 9.17) is 9.47 Å². The van der Waals surface area contributed by atoms with Crippen molar-refractivity contribution in [2.75, 3.05) is 18.5 Å². The van der Waals surface area contributed by atoms with Crippen molar-refractivity contribution in [3.8, 4) is 11.5 Å². The lowest BCUT2D eigenvalue weighted by atomic mass is 10.3. The number of para-hydroxylation sites is 2. The van der Waals surface area contributed by atoms with E-state index in [1.807, 2.05) is 19.1 Å². The number of aromatic nitrogens is 2. The average molecular weight is 275 g/mol. The lowest BCUT2D eigenvalue weighted by Crippen LogP contribution is -2.20. The van der Waals surface area contributed by atoms with Crippen LogP contribution in [0.1, 0.15) is 6.92 Å². The highest BCUT2D eigenvalue weighted by Gasteiger charge is 2.08. The number of nitrogens with one attached hydrogen (secondary N) is 1. The standard InChI is InChI=1S/C14H17N3O3/c1-3-19-11-6-4-5-7-12(11)20-10-14(18)15-13-8-9-17(2)16-13/h4-9H,3,10H2,1-2H3,(H,15,16,18). The molecule has 0 atom stereocenters. The summed E-state index contributed by atoms with van der Waals surface area (Å²) in [5.74, 6) is 1.40. The van der Waals surface area contributed by atoms with Crippen LogP contribution in [0.5, 0.6) is 11.5 Å². The van der Waals surface area contributed by atoms with E-state index >= 15 is 0 Å². The summed E-state index contributed by atoms with van der Waals surface area (Å²) in [5, 5.41) is 6.70. The number of carbonyl (C=O) groups excluding carboxylic acids is 1. The lowest BCUT2D eigenvalue weighted by Gasteiger charge is -2.11. The Labute approximate surface area is 117 Å². The fourth-order valence-corrected chi connectivity index (χ4v) is 1.65. The zero-order valence-corrected chi connectivity index (χ0v) is 11.5. The molecule has 106 valence electrons. The molecule has 0 aliphatic heterocycles. The number of hydrogen-bond donors (Lipinski definition) is 1. The number of ether oxygens (including phenoxy) is 2. The summed E-state index contributed by atoms with van der Waals surface area (Å²) in [6, 6.07) is 8.96. The van der Waals surface area contributed by atoms with Crippen molar-refractivity contribution in [1.82, 2.24) is 9.78 Å². The zero-order valence-electron chi connectivity index (χ0n) is 11.5. The number of hydrogen-bond acceptors (Lipinski definition) is 4. The van der Waals surface area contributed by atoms with Crippen LogP contribution in [0.2, 0.25) is 0 Å². The molecule has 0 aliphatic rings. The van der Waals surface area contributed by atoms with Crippen molar-refractivity contribution in [1.29, 1.82) is 0 Å². The van der Waals surface area contributed by atoms with Crippen LogP contribution in [0, 0.1) is 0 Å². The van der Waals surface area contributed by atoms with Crippen molar-refractivity contribution >= 4 is 11.7 Å². The summed E-state index contributed by atoms with van der Waals surface area (Å²) in [5.41, 5.74) is 0. The van der Waals surface area contributed by atoms with E-state index in [2.05, 4.69) is 10.4 Å². The summed E-state index contributed by atoms with van der Waals surface area (Å²) in [6.45, 7) is 2.34. The van der Waals surface area contributed by atoms with Crippen LogP contribution in [0.25, 0.3) is 0 Å². The van der Waals surface area contributed by atoms with E-state index in [0.717, 1.165) is 0 Å². The van der Waals surface area contributed by atoms with Gasteiger partial charge in [-0.05, 0) is 19.1 Å². The van der Waals surface area contributed by atoms with E-state index in [1.54, 1.807) is 36.1 Å². The highest BCUT2D eigenvalue weighted by Crippen LogP contribution is 2.26. The Hall–Kier alpha value is -2.50. The molecule has 1 amide bonds. The fraction of sp³-hybridized carbons (Fsp3) is 0.286. The first-order valence-electron chi connectivity index (χ1n) is 6.33. The summed E-state index contributed by atoms with van der Waals surface area (Å²) in [4.78, 5) is 11.7. The lowest BCUT2D eigenvalue weighted by molar-refractivity contribution is -0.118. The molecule has 20 heavy (non-hydrogen) atoms. The van der Waals surface area contributed by atoms with Crippen molar-refractivity contribution in [2.24, 2.45) is 7.05 Å². The summed E-state index contributed by atoms with van der Waals surface area (Å²) < 4.78 is 12.5. The highest BCUT2D eigenvalue weighted by molar-refractivity contribution is 5.90. The maximum absolute atomic E-state index is 11.7. The first kappa shape index (κ1) is 13.9. The number of benzene rings is 1. The van der Waals surface area contributed by atoms with Crippen LogP contribution < -0.4 is 14.8 Å². The molecule has 0 radical (unpaired) electrons. The second-order valence-electron chi connectivity index (χ2n) is 4.09. The minimum absolute atomic E-state index is 0.0966. The minimum Gasteiger partial charge on any atom is -0.490 e.